The van der Waals surface area contributed by atoms with Gasteiger partial charge in [0.15, 0.2) is 0 Å². The molecule has 2 aliphatic rings. The van der Waals surface area contributed by atoms with E-state index >= 15 is 0 Å². The largest absolute Gasteiger partial charge is 0.298 e. The molecule has 2 rings (SSSR count). The highest BCUT2D eigenvalue weighted by atomic mass is 19.3. The monoisotopic (exact) mass is 189 g/mol. The maximum Gasteiger partial charge on any atom is 0.241 e. The Kier molecular flexibility index (Phi) is 2.54. The number of hydrogen-bond donors (Lipinski definition) is 0. The molecule has 0 bridgehead atoms. The molecule has 0 N–H and O–H groups in total. The fourth-order valence-electron chi connectivity index (χ4n) is 2.60. The van der Waals surface area contributed by atoms with E-state index in [0.29, 0.717) is 12.1 Å². The minimum atomic E-state index is -2.09. The van der Waals surface area contributed by atoms with Gasteiger partial charge >= 0.3 is 0 Å². The van der Waals surface area contributed by atoms with Gasteiger partial charge in [0.2, 0.25) is 6.43 Å². The first kappa shape index (κ1) is 9.38. The number of alkyl halides is 2. The highest BCUT2D eigenvalue weighted by molar-refractivity contribution is 4.92. The Bertz CT molecular complexity index is 178. The highest BCUT2D eigenvalue weighted by Crippen LogP contribution is 2.38. The van der Waals surface area contributed by atoms with E-state index in [1.54, 1.807) is 0 Å². The van der Waals surface area contributed by atoms with E-state index in [4.69, 9.17) is 0 Å². The molecule has 1 aliphatic heterocycles. The summed E-state index contributed by atoms with van der Waals surface area (Å²) < 4.78 is 24.4. The second kappa shape index (κ2) is 3.52. The van der Waals surface area contributed by atoms with Crippen molar-refractivity contribution < 1.29 is 8.78 Å². The fraction of sp³-hybridized carbons (Fsp3) is 1.00. The highest BCUT2D eigenvalue weighted by Gasteiger charge is 2.41. The van der Waals surface area contributed by atoms with Crippen molar-refractivity contribution in [3.8, 4) is 0 Å². The van der Waals surface area contributed by atoms with Crippen molar-refractivity contribution >= 4 is 0 Å². The normalized spacial score (nSPS) is 41.1. The van der Waals surface area contributed by atoms with E-state index in [-0.39, 0.29) is 5.92 Å². The van der Waals surface area contributed by atoms with Gasteiger partial charge in [0.1, 0.15) is 0 Å². The van der Waals surface area contributed by atoms with Crippen LogP contribution in [0.1, 0.15) is 32.6 Å². The van der Waals surface area contributed by atoms with Crippen molar-refractivity contribution in [1.82, 2.24) is 4.90 Å². The molecule has 3 heteroatoms. The number of halogens is 2. The fourth-order valence-corrected chi connectivity index (χ4v) is 2.60. The first-order chi connectivity index (χ1) is 6.18. The predicted octanol–water partition coefficient (Wildman–Crippen LogP) is 2.51. The SMILES string of the molecule is CC1CCCN1C1CC(C(F)F)C1. The molecule has 0 amide bonds. The molecule has 1 aliphatic carbocycles. The first-order valence-electron chi connectivity index (χ1n) is 5.22. The van der Waals surface area contributed by atoms with Gasteiger partial charge in [-0.25, -0.2) is 8.78 Å². The van der Waals surface area contributed by atoms with E-state index in [1.807, 2.05) is 0 Å². The van der Waals surface area contributed by atoms with Crippen LogP contribution in [0.25, 0.3) is 0 Å². The summed E-state index contributed by atoms with van der Waals surface area (Å²) in [7, 11) is 0. The van der Waals surface area contributed by atoms with Crippen molar-refractivity contribution in [2.75, 3.05) is 6.54 Å². The third-order valence-corrected chi connectivity index (χ3v) is 3.58. The average Bonchev–Trinajstić information content (AvgIpc) is 2.32. The summed E-state index contributed by atoms with van der Waals surface area (Å²) >= 11 is 0. The summed E-state index contributed by atoms with van der Waals surface area (Å²) in [5, 5.41) is 0. The molecule has 13 heavy (non-hydrogen) atoms. The van der Waals surface area contributed by atoms with Crippen LogP contribution in [0, 0.1) is 5.92 Å². The number of rotatable bonds is 2. The van der Waals surface area contributed by atoms with Gasteiger partial charge in [-0.2, -0.15) is 0 Å². The first-order valence-corrected chi connectivity index (χ1v) is 5.22. The topological polar surface area (TPSA) is 3.24 Å². The Balaban J connectivity index is 1.79. The summed E-state index contributed by atoms with van der Waals surface area (Å²) in [4.78, 5) is 2.42. The third kappa shape index (κ3) is 1.71. The smallest absolute Gasteiger partial charge is 0.241 e. The maximum atomic E-state index is 12.2. The number of hydrogen-bond acceptors (Lipinski definition) is 1. The minimum absolute atomic E-state index is 0.308. The Morgan fingerprint density at radius 2 is 2.00 bits per heavy atom. The zero-order valence-electron chi connectivity index (χ0n) is 8.05. The minimum Gasteiger partial charge on any atom is -0.298 e. The second-order valence-electron chi connectivity index (χ2n) is 4.45. The van der Waals surface area contributed by atoms with Crippen LogP contribution in [0.2, 0.25) is 0 Å². The molecule has 76 valence electrons. The van der Waals surface area contributed by atoms with Crippen LogP contribution in [-0.2, 0) is 0 Å². The van der Waals surface area contributed by atoms with E-state index in [2.05, 4.69) is 11.8 Å². The molecule has 1 nitrogen and oxygen atoms in total. The van der Waals surface area contributed by atoms with E-state index in [9.17, 15) is 8.78 Å². The molecule has 0 aromatic carbocycles. The van der Waals surface area contributed by atoms with Crippen LogP contribution in [-0.4, -0.2) is 30.0 Å². The lowest BCUT2D eigenvalue weighted by Gasteiger charge is -2.42. The van der Waals surface area contributed by atoms with Gasteiger partial charge in [0.05, 0.1) is 0 Å². The quantitative estimate of drug-likeness (QED) is 0.645. The number of nitrogens with zero attached hydrogens (tertiary/aromatic N) is 1. The van der Waals surface area contributed by atoms with Crippen LogP contribution >= 0.6 is 0 Å². The summed E-state index contributed by atoms with van der Waals surface area (Å²) in [6.07, 6.45) is 1.85. The van der Waals surface area contributed by atoms with Gasteiger partial charge < -0.3 is 0 Å². The predicted molar refractivity (Wildman–Crippen MR) is 47.9 cm³/mol. The van der Waals surface area contributed by atoms with Crippen molar-refractivity contribution in [3.63, 3.8) is 0 Å². The van der Waals surface area contributed by atoms with E-state index in [1.165, 1.54) is 12.8 Å². The molecule has 1 atom stereocenters. The molecule has 1 saturated carbocycles. The Morgan fingerprint density at radius 1 is 1.31 bits per heavy atom. The molecule has 1 unspecified atom stereocenters. The molecular weight excluding hydrogens is 172 g/mol. The van der Waals surface area contributed by atoms with E-state index < -0.39 is 6.43 Å². The molecule has 1 saturated heterocycles. The van der Waals surface area contributed by atoms with E-state index in [0.717, 1.165) is 19.4 Å². The van der Waals surface area contributed by atoms with Crippen LogP contribution in [0.4, 0.5) is 8.78 Å². The average molecular weight is 189 g/mol. The van der Waals surface area contributed by atoms with Gasteiger partial charge in [-0.05, 0) is 39.2 Å². The third-order valence-electron chi connectivity index (χ3n) is 3.58. The molecule has 1 heterocycles. The van der Waals surface area contributed by atoms with Crippen LogP contribution in [0.15, 0.2) is 0 Å². The van der Waals surface area contributed by atoms with Crippen LogP contribution in [0.3, 0.4) is 0 Å². The molecule has 2 fully saturated rings. The Labute approximate surface area is 78.1 Å². The van der Waals surface area contributed by atoms with Crippen molar-refractivity contribution in [2.45, 2.75) is 51.1 Å². The van der Waals surface area contributed by atoms with Crippen molar-refractivity contribution in [1.29, 1.82) is 0 Å². The summed E-state index contributed by atoms with van der Waals surface area (Å²) in [6.45, 7) is 3.34. The molecule has 0 radical (unpaired) electrons. The molecule has 0 spiro atoms. The second-order valence-corrected chi connectivity index (χ2v) is 4.45. The van der Waals surface area contributed by atoms with Crippen LogP contribution in [0.5, 0.6) is 0 Å². The summed E-state index contributed by atoms with van der Waals surface area (Å²) in [6, 6.07) is 1.10. The Hall–Kier alpha value is -0.180. The molecule has 0 aromatic rings. The number of likely N-dealkylation sites (tertiary alicyclic amines) is 1. The van der Waals surface area contributed by atoms with Gasteiger partial charge in [0.25, 0.3) is 0 Å². The van der Waals surface area contributed by atoms with Gasteiger partial charge in [-0.3, -0.25) is 4.90 Å². The zero-order valence-corrected chi connectivity index (χ0v) is 8.05. The lowest BCUT2D eigenvalue weighted by Crippen LogP contribution is -2.47. The van der Waals surface area contributed by atoms with Gasteiger partial charge in [-0.1, -0.05) is 0 Å². The van der Waals surface area contributed by atoms with Crippen LogP contribution < -0.4 is 0 Å². The Morgan fingerprint density at radius 3 is 2.46 bits per heavy atom. The van der Waals surface area contributed by atoms with Gasteiger partial charge in [-0.15, -0.1) is 0 Å². The maximum absolute atomic E-state index is 12.2. The van der Waals surface area contributed by atoms with Crippen molar-refractivity contribution in [3.05, 3.63) is 0 Å². The lowest BCUT2D eigenvalue weighted by molar-refractivity contribution is -0.0245. The van der Waals surface area contributed by atoms with Crippen molar-refractivity contribution in [2.24, 2.45) is 5.92 Å². The molecular formula is C10H17F2N. The lowest BCUT2D eigenvalue weighted by atomic mass is 9.79. The zero-order chi connectivity index (χ0) is 9.42. The standard InChI is InChI=1S/C10H17F2N/c1-7-3-2-4-13(7)9-5-8(6-9)10(11)12/h7-10H,2-6H2,1H3. The summed E-state index contributed by atoms with van der Waals surface area (Å²) in [5.41, 5.74) is 0. The summed E-state index contributed by atoms with van der Waals surface area (Å²) in [5.74, 6) is -0.308. The molecule has 0 aromatic heterocycles. The van der Waals surface area contributed by atoms with Gasteiger partial charge in [0, 0.05) is 18.0 Å².